The number of rotatable bonds is 5. The molecule has 3 rings (SSSR count). The normalized spacial score (nSPS) is 23.2. The Morgan fingerprint density at radius 1 is 0.833 bits per heavy atom. The lowest BCUT2D eigenvalue weighted by Crippen LogP contribution is -2.33. The summed E-state index contributed by atoms with van der Waals surface area (Å²) in [5, 5.41) is 4.34. The third-order valence-electron chi connectivity index (χ3n) is 5.24. The third-order valence-corrected chi connectivity index (χ3v) is 5.88. The highest BCUT2D eigenvalue weighted by molar-refractivity contribution is 7.81. The number of benzene rings is 2. The molecule has 0 aliphatic heterocycles. The summed E-state index contributed by atoms with van der Waals surface area (Å²) < 4.78 is 0. The van der Waals surface area contributed by atoms with Crippen LogP contribution in [0.4, 0.5) is 0 Å². The molecule has 1 nitrogen and oxygen atoms in total. The zero-order valence-electron chi connectivity index (χ0n) is 14.4. The molecule has 3 atom stereocenters. The topological polar surface area (TPSA) is 12.0 Å². The smallest absolute Gasteiger partial charge is 0.0362 e. The van der Waals surface area contributed by atoms with Gasteiger partial charge in [-0.25, -0.2) is 0 Å². The summed E-state index contributed by atoms with van der Waals surface area (Å²) in [6.07, 6.45) is 7.91. The van der Waals surface area contributed by atoms with E-state index in [9.17, 15) is 0 Å². The summed E-state index contributed by atoms with van der Waals surface area (Å²) in [6, 6.07) is 22.0. The third kappa shape index (κ3) is 4.87. The summed E-state index contributed by atoms with van der Waals surface area (Å²) in [4.78, 5) is 0. The number of hydrogen-bond donors (Lipinski definition) is 2. The van der Waals surface area contributed by atoms with Crippen LogP contribution in [0.1, 0.15) is 55.7 Å². The van der Waals surface area contributed by atoms with E-state index in [0.29, 0.717) is 17.2 Å². The molecular weight excluding hydrogens is 310 g/mol. The minimum atomic E-state index is 0.381. The van der Waals surface area contributed by atoms with Gasteiger partial charge in [0, 0.05) is 17.8 Å². The lowest BCUT2D eigenvalue weighted by molar-refractivity contribution is 0.296. The van der Waals surface area contributed by atoms with Crippen molar-refractivity contribution in [2.24, 2.45) is 5.92 Å². The molecule has 0 saturated heterocycles. The van der Waals surface area contributed by atoms with E-state index in [2.05, 4.69) is 66.0 Å². The quantitative estimate of drug-likeness (QED) is 0.657. The molecule has 24 heavy (non-hydrogen) atoms. The molecule has 1 aliphatic carbocycles. The second-order valence-corrected chi connectivity index (χ2v) is 7.64. The summed E-state index contributed by atoms with van der Waals surface area (Å²) in [5.41, 5.74) is 2.75. The van der Waals surface area contributed by atoms with E-state index < -0.39 is 0 Å². The molecule has 2 aromatic rings. The average molecular weight is 340 g/mol. The van der Waals surface area contributed by atoms with E-state index in [1.54, 1.807) is 0 Å². The Morgan fingerprint density at radius 3 is 2.17 bits per heavy atom. The van der Waals surface area contributed by atoms with Crippen LogP contribution in [0, 0.1) is 5.92 Å². The highest BCUT2D eigenvalue weighted by Gasteiger charge is 2.28. The zero-order valence-corrected chi connectivity index (χ0v) is 15.3. The summed E-state index contributed by atoms with van der Waals surface area (Å²) in [6.45, 7) is 0.914. The highest BCUT2D eigenvalue weighted by atomic mass is 32.1. The van der Waals surface area contributed by atoms with Gasteiger partial charge in [-0.15, -0.1) is 0 Å². The maximum atomic E-state index is 5.00. The molecule has 2 heteroatoms. The van der Waals surface area contributed by atoms with Crippen LogP contribution < -0.4 is 5.32 Å². The number of nitrogens with one attached hydrogen (secondary N) is 1. The van der Waals surface area contributed by atoms with Gasteiger partial charge in [0.1, 0.15) is 0 Å². The standard InChI is InChI=1S/C22H29NS/c24-21-16-10-2-1-9-15-20(21)22(19-13-7-4-8-14-19)23-17-18-11-5-3-6-12-18/h3-8,11-14,20-24H,1-2,9-10,15-17H2/t20-,21+,22+/m0/s1. The van der Waals surface area contributed by atoms with Crippen molar-refractivity contribution in [2.75, 3.05) is 0 Å². The zero-order chi connectivity index (χ0) is 16.6. The van der Waals surface area contributed by atoms with Gasteiger partial charge in [0.2, 0.25) is 0 Å². The van der Waals surface area contributed by atoms with Crippen molar-refractivity contribution >= 4 is 12.6 Å². The van der Waals surface area contributed by atoms with Crippen LogP contribution in [0.25, 0.3) is 0 Å². The van der Waals surface area contributed by atoms with Gasteiger partial charge in [-0.3, -0.25) is 0 Å². The fourth-order valence-electron chi connectivity index (χ4n) is 3.88. The van der Waals surface area contributed by atoms with Crippen LogP contribution in [0.2, 0.25) is 0 Å². The van der Waals surface area contributed by atoms with Crippen molar-refractivity contribution in [1.29, 1.82) is 0 Å². The molecule has 0 heterocycles. The van der Waals surface area contributed by atoms with Crippen molar-refractivity contribution < 1.29 is 0 Å². The van der Waals surface area contributed by atoms with Crippen LogP contribution in [0.5, 0.6) is 0 Å². The largest absolute Gasteiger partial charge is 0.306 e. The first-order valence-electron chi connectivity index (χ1n) is 9.35. The second kappa shape index (κ2) is 9.29. The number of hydrogen-bond acceptors (Lipinski definition) is 2. The van der Waals surface area contributed by atoms with Crippen molar-refractivity contribution in [3.63, 3.8) is 0 Å². The molecule has 0 amide bonds. The Morgan fingerprint density at radius 2 is 1.46 bits per heavy atom. The predicted molar refractivity (Wildman–Crippen MR) is 106 cm³/mol. The lowest BCUT2D eigenvalue weighted by Gasteiger charge is -2.34. The van der Waals surface area contributed by atoms with Gasteiger partial charge in [0.25, 0.3) is 0 Å². The van der Waals surface area contributed by atoms with Gasteiger partial charge in [0.05, 0.1) is 0 Å². The fourth-order valence-corrected chi connectivity index (χ4v) is 4.39. The van der Waals surface area contributed by atoms with Gasteiger partial charge in [-0.05, 0) is 29.9 Å². The maximum Gasteiger partial charge on any atom is 0.0362 e. The summed E-state index contributed by atoms with van der Waals surface area (Å²) >= 11 is 5.00. The van der Waals surface area contributed by atoms with Crippen molar-refractivity contribution in [2.45, 2.75) is 56.4 Å². The molecule has 0 bridgehead atoms. The van der Waals surface area contributed by atoms with Crippen molar-refractivity contribution in [3.05, 3.63) is 71.8 Å². The SMILES string of the molecule is S[C@@H]1CCCCCC[C@@H]1[C@H](NCc1ccccc1)c1ccccc1. The second-order valence-electron chi connectivity index (χ2n) is 6.98. The van der Waals surface area contributed by atoms with Gasteiger partial charge in [0.15, 0.2) is 0 Å². The minimum absolute atomic E-state index is 0.381. The van der Waals surface area contributed by atoms with Gasteiger partial charge >= 0.3 is 0 Å². The van der Waals surface area contributed by atoms with Crippen molar-refractivity contribution in [1.82, 2.24) is 5.32 Å². The average Bonchev–Trinajstić information content (AvgIpc) is 2.62. The Hall–Kier alpha value is -1.25. The fraction of sp³-hybridized carbons (Fsp3) is 0.455. The summed E-state index contributed by atoms with van der Waals surface area (Å²) in [7, 11) is 0. The van der Waals surface area contributed by atoms with Gasteiger partial charge in [-0.1, -0.05) is 86.3 Å². The molecule has 2 aromatic carbocycles. The van der Waals surface area contributed by atoms with Crippen LogP contribution in [-0.4, -0.2) is 5.25 Å². The molecule has 1 fully saturated rings. The molecule has 0 spiro atoms. The van der Waals surface area contributed by atoms with Gasteiger partial charge < -0.3 is 5.32 Å². The molecule has 128 valence electrons. The highest BCUT2D eigenvalue weighted by Crippen LogP contribution is 2.36. The Balaban J connectivity index is 1.78. The van der Waals surface area contributed by atoms with E-state index in [1.807, 2.05) is 0 Å². The van der Waals surface area contributed by atoms with E-state index in [0.717, 1.165) is 6.54 Å². The summed E-state index contributed by atoms with van der Waals surface area (Å²) in [5.74, 6) is 0.597. The van der Waals surface area contributed by atoms with Crippen LogP contribution in [0.15, 0.2) is 60.7 Å². The molecule has 0 aromatic heterocycles. The van der Waals surface area contributed by atoms with E-state index in [1.165, 1.54) is 49.7 Å². The monoisotopic (exact) mass is 339 g/mol. The van der Waals surface area contributed by atoms with E-state index in [-0.39, 0.29) is 0 Å². The molecule has 1 N–H and O–H groups in total. The Labute approximate surface area is 152 Å². The predicted octanol–water partition coefficient (Wildman–Crippen LogP) is 5.79. The first-order valence-corrected chi connectivity index (χ1v) is 9.86. The Bertz CT molecular complexity index is 583. The first-order chi connectivity index (χ1) is 11.8. The molecule has 0 unspecified atom stereocenters. The van der Waals surface area contributed by atoms with E-state index in [4.69, 9.17) is 12.6 Å². The molecular formula is C22H29NS. The lowest BCUT2D eigenvalue weighted by atomic mass is 9.82. The van der Waals surface area contributed by atoms with E-state index >= 15 is 0 Å². The molecule has 1 saturated carbocycles. The van der Waals surface area contributed by atoms with Crippen molar-refractivity contribution in [3.8, 4) is 0 Å². The van der Waals surface area contributed by atoms with Crippen LogP contribution in [0.3, 0.4) is 0 Å². The maximum absolute atomic E-state index is 5.00. The Kier molecular flexibility index (Phi) is 6.80. The number of thiol groups is 1. The van der Waals surface area contributed by atoms with Crippen LogP contribution in [-0.2, 0) is 6.54 Å². The van der Waals surface area contributed by atoms with Crippen LogP contribution >= 0.6 is 12.6 Å². The molecule has 0 radical (unpaired) electrons. The first kappa shape index (κ1) is 17.6. The minimum Gasteiger partial charge on any atom is -0.306 e. The van der Waals surface area contributed by atoms with Gasteiger partial charge in [-0.2, -0.15) is 12.6 Å². The molecule has 1 aliphatic rings.